The van der Waals surface area contributed by atoms with Crippen LogP contribution in [-0.4, -0.2) is 26.3 Å². The van der Waals surface area contributed by atoms with Gasteiger partial charge in [-0.05, 0) is 12.6 Å². The van der Waals surface area contributed by atoms with E-state index in [1.54, 1.807) is 0 Å². The van der Waals surface area contributed by atoms with E-state index in [1.165, 1.54) is 11.2 Å². The second-order valence-corrected chi connectivity index (χ2v) is 2.61. The van der Waals surface area contributed by atoms with E-state index in [-0.39, 0.29) is 0 Å². The summed E-state index contributed by atoms with van der Waals surface area (Å²) in [4.78, 5) is 2.15. The summed E-state index contributed by atoms with van der Waals surface area (Å²) in [5.74, 6) is 0. The Morgan fingerprint density at radius 1 is 1.22 bits per heavy atom. The second-order valence-electron chi connectivity index (χ2n) is 2.61. The summed E-state index contributed by atoms with van der Waals surface area (Å²) < 4.78 is 0. The molecule has 2 heteroatoms. The molecular weight excluding hydrogens is 109 g/mol. The topological polar surface area (TPSA) is 3.24 Å². The highest BCUT2D eigenvalue weighted by atomic mass is 15.1. The molecule has 0 heterocycles. The smallest absolute Gasteiger partial charge is 0.151 e. The lowest BCUT2D eigenvalue weighted by Crippen LogP contribution is -2.11. The zero-order chi connectivity index (χ0) is 7.44. The van der Waals surface area contributed by atoms with Crippen LogP contribution in [-0.2, 0) is 0 Å². The maximum Gasteiger partial charge on any atom is 0.151 e. The maximum atomic E-state index is 2.18. The molecular formula is C7H16BN. The fraction of sp³-hybridized carbons (Fsp3) is 0.714. The van der Waals surface area contributed by atoms with Gasteiger partial charge in [0.2, 0.25) is 0 Å². The zero-order valence-electron chi connectivity index (χ0n) is 7.15. The molecule has 0 aromatic heterocycles. The fourth-order valence-corrected chi connectivity index (χ4v) is 0.638. The van der Waals surface area contributed by atoms with Gasteiger partial charge in [-0.25, -0.2) is 0 Å². The Kier molecular flexibility index (Phi) is 3.44. The van der Waals surface area contributed by atoms with E-state index in [0.717, 1.165) is 7.28 Å². The molecule has 0 aliphatic rings. The van der Waals surface area contributed by atoms with Crippen LogP contribution in [0.3, 0.4) is 0 Å². The van der Waals surface area contributed by atoms with Crippen molar-refractivity contribution in [3.05, 3.63) is 11.2 Å². The second kappa shape index (κ2) is 3.60. The normalized spacial score (nSPS) is 12.6. The minimum atomic E-state index is 1.16. The van der Waals surface area contributed by atoms with Crippen molar-refractivity contribution in [1.29, 1.82) is 0 Å². The Hall–Kier alpha value is -0.395. The number of hydrogen-bond donors (Lipinski definition) is 0. The third-order valence-corrected chi connectivity index (χ3v) is 1.82. The number of nitrogens with zero attached hydrogens (tertiary/aromatic N) is 1. The summed E-state index contributed by atoms with van der Waals surface area (Å²) in [6.07, 6.45) is 0. The lowest BCUT2D eigenvalue weighted by atomic mass is 9.72. The van der Waals surface area contributed by atoms with Gasteiger partial charge in [0.15, 0.2) is 7.28 Å². The van der Waals surface area contributed by atoms with E-state index in [9.17, 15) is 0 Å². The summed E-state index contributed by atoms with van der Waals surface area (Å²) >= 11 is 0. The highest BCUT2D eigenvalue weighted by Gasteiger charge is 1.95. The van der Waals surface area contributed by atoms with Crippen molar-refractivity contribution in [2.24, 2.45) is 0 Å². The van der Waals surface area contributed by atoms with Crippen LogP contribution < -0.4 is 0 Å². The van der Waals surface area contributed by atoms with Crippen molar-refractivity contribution in [1.82, 2.24) is 4.90 Å². The first kappa shape index (κ1) is 8.60. The van der Waals surface area contributed by atoms with Gasteiger partial charge in [0, 0.05) is 14.1 Å². The minimum Gasteiger partial charge on any atom is -0.382 e. The Balaban J connectivity index is 4.10. The molecule has 0 saturated carbocycles. The monoisotopic (exact) mass is 125 g/mol. The van der Waals surface area contributed by atoms with E-state index in [4.69, 9.17) is 0 Å². The Morgan fingerprint density at radius 2 is 1.67 bits per heavy atom. The van der Waals surface area contributed by atoms with Crippen LogP contribution >= 0.6 is 0 Å². The molecule has 1 nitrogen and oxygen atoms in total. The Labute approximate surface area is 59.0 Å². The first-order chi connectivity index (χ1) is 4.09. The number of hydrogen-bond acceptors (Lipinski definition) is 1. The maximum absolute atomic E-state index is 2.18. The van der Waals surface area contributed by atoms with Crippen LogP contribution in [0.5, 0.6) is 0 Å². The van der Waals surface area contributed by atoms with Gasteiger partial charge >= 0.3 is 0 Å². The molecule has 52 valence electrons. The summed E-state index contributed by atoms with van der Waals surface area (Å²) in [5.41, 5.74) is 2.86. The van der Waals surface area contributed by atoms with Gasteiger partial charge in [0.25, 0.3) is 0 Å². The molecule has 0 rings (SSSR count). The van der Waals surface area contributed by atoms with Gasteiger partial charge < -0.3 is 4.90 Å². The highest BCUT2D eigenvalue weighted by molar-refractivity contribution is 6.43. The van der Waals surface area contributed by atoms with Gasteiger partial charge in [-0.2, -0.15) is 0 Å². The molecule has 9 heavy (non-hydrogen) atoms. The third kappa shape index (κ3) is 2.59. The molecule has 0 bridgehead atoms. The van der Waals surface area contributed by atoms with Crippen LogP contribution in [0.25, 0.3) is 0 Å². The van der Waals surface area contributed by atoms with Crippen LogP contribution in [0.1, 0.15) is 13.8 Å². The van der Waals surface area contributed by atoms with Crippen molar-refractivity contribution < 1.29 is 0 Å². The molecule has 0 aliphatic heterocycles. The van der Waals surface area contributed by atoms with Gasteiger partial charge in [-0.1, -0.05) is 19.2 Å². The average Bonchev–Trinajstić information content (AvgIpc) is 1.84. The molecule has 0 amide bonds. The first-order valence-corrected chi connectivity index (χ1v) is 3.43. The zero-order valence-corrected chi connectivity index (χ0v) is 7.15. The van der Waals surface area contributed by atoms with Crippen molar-refractivity contribution >= 4 is 7.28 Å². The quantitative estimate of drug-likeness (QED) is 0.502. The van der Waals surface area contributed by atoms with E-state index in [1.807, 2.05) is 0 Å². The first-order valence-electron chi connectivity index (χ1n) is 3.43. The van der Waals surface area contributed by atoms with Crippen LogP contribution in [0, 0.1) is 0 Å². The van der Waals surface area contributed by atoms with E-state index >= 15 is 0 Å². The molecule has 0 aromatic rings. The van der Waals surface area contributed by atoms with Gasteiger partial charge in [-0.15, -0.1) is 0 Å². The fourth-order valence-electron chi connectivity index (χ4n) is 0.638. The number of allylic oxidation sites excluding steroid dienone is 2. The van der Waals surface area contributed by atoms with Crippen molar-refractivity contribution in [2.75, 3.05) is 14.1 Å². The average molecular weight is 125 g/mol. The molecule has 0 aromatic carbocycles. The standard InChI is InChI=1S/C7H16BN/c1-6(8-3)7(2)9(4)5/h8H,1-5H3/b7-6-. The number of rotatable bonds is 2. The van der Waals surface area contributed by atoms with Gasteiger partial charge in [-0.3, -0.25) is 0 Å². The lowest BCUT2D eigenvalue weighted by Gasteiger charge is -2.15. The molecule has 0 saturated heterocycles. The summed E-state index contributed by atoms with van der Waals surface area (Å²) in [5, 5.41) is 0. The van der Waals surface area contributed by atoms with E-state index < -0.39 is 0 Å². The molecule has 0 unspecified atom stereocenters. The molecule has 0 radical (unpaired) electrons. The van der Waals surface area contributed by atoms with E-state index in [0.29, 0.717) is 0 Å². The van der Waals surface area contributed by atoms with Gasteiger partial charge in [0.1, 0.15) is 0 Å². The van der Waals surface area contributed by atoms with Crippen LogP contribution in [0.15, 0.2) is 11.2 Å². The highest BCUT2D eigenvalue weighted by Crippen LogP contribution is 2.02. The van der Waals surface area contributed by atoms with Crippen LogP contribution in [0.2, 0.25) is 6.82 Å². The molecule has 0 N–H and O–H groups in total. The molecule has 0 fully saturated rings. The predicted octanol–water partition coefficient (Wildman–Crippen LogP) is 1.28. The molecule has 0 aliphatic carbocycles. The van der Waals surface area contributed by atoms with Crippen LogP contribution in [0.4, 0.5) is 0 Å². The minimum absolute atomic E-state index is 1.16. The summed E-state index contributed by atoms with van der Waals surface area (Å²) in [6.45, 7) is 6.51. The van der Waals surface area contributed by atoms with Crippen molar-refractivity contribution in [2.45, 2.75) is 20.7 Å². The predicted molar refractivity (Wildman–Crippen MR) is 45.1 cm³/mol. The summed E-state index contributed by atoms with van der Waals surface area (Å²) in [6, 6.07) is 0. The third-order valence-electron chi connectivity index (χ3n) is 1.82. The van der Waals surface area contributed by atoms with Crippen molar-refractivity contribution in [3.8, 4) is 0 Å². The Morgan fingerprint density at radius 3 is 1.78 bits per heavy atom. The van der Waals surface area contributed by atoms with Gasteiger partial charge in [0.05, 0.1) is 0 Å². The molecule has 0 atom stereocenters. The lowest BCUT2D eigenvalue weighted by molar-refractivity contribution is 0.510. The Bertz CT molecular complexity index is 116. The SMILES string of the molecule is CB/C(C)=C(/C)N(C)C. The van der Waals surface area contributed by atoms with Crippen molar-refractivity contribution in [3.63, 3.8) is 0 Å². The largest absolute Gasteiger partial charge is 0.382 e. The summed E-state index contributed by atoms with van der Waals surface area (Å²) in [7, 11) is 5.31. The molecule has 0 spiro atoms. The van der Waals surface area contributed by atoms with E-state index in [2.05, 4.69) is 39.7 Å².